The lowest BCUT2D eigenvalue weighted by Crippen LogP contribution is -2.50. The number of hydrogen-bond donors (Lipinski definition) is 1. The molecule has 1 atom stereocenters. The van der Waals surface area contributed by atoms with Crippen molar-refractivity contribution in [2.24, 2.45) is 0 Å². The monoisotopic (exact) mass is 209 g/mol. The number of hydrogen-bond acceptors (Lipinski definition) is 4. The Labute approximate surface area is 88.8 Å². The third-order valence-electron chi connectivity index (χ3n) is 2.64. The normalized spacial score (nSPS) is 30.1. The first-order valence-corrected chi connectivity index (χ1v) is 5.22. The molecule has 1 saturated heterocycles. The lowest BCUT2D eigenvalue weighted by atomic mass is 10.0. The predicted molar refractivity (Wildman–Crippen MR) is 55.0 cm³/mol. The van der Waals surface area contributed by atoms with E-state index in [1.54, 1.807) is 0 Å². The summed E-state index contributed by atoms with van der Waals surface area (Å²) in [5, 5.41) is 10.1. The van der Waals surface area contributed by atoms with Crippen LogP contribution in [0.2, 0.25) is 0 Å². The number of allylic oxidation sites excluding steroid dienone is 2. The van der Waals surface area contributed by atoms with Gasteiger partial charge in [0, 0.05) is 19.2 Å². The molecule has 0 spiro atoms. The molecule has 82 valence electrons. The van der Waals surface area contributed by atoms with Gasteiger partial charge in [0.2, 0.25) is 5.79 Å². The molecule has 1 aliphatic heterocycles. The molecule has 2 aliphatic rings. The van der Waals surface area contributed by atoms with Crippen LogP contribution in [0.4, 0.5) is 0 Å². The topological polar surface area (TPSA) is 49.8 Å². The van der Waals surface area contributed by atoms with Crippen LogP contribution in [0.3, 0.4) is 0 Å². The van der Waals surface area contributed by atoms with Gasteiger partial charge in [0.25, 0.3) is 0 Å². The first kappa shape index (κ1) is 10.4. The average Bonchev–Trinajstić information content (AvgIpc) is 2.21. The number of ketones is 1. The van der Waals surface area contributed by atoms with Gasteiger partial charge in [0.05, 0.1) is 12.3 Å². The smallest absolute Gasteiger partial charge is 0.228 e. The van der Waals surface area contributed by atoms with Crippen molar-refractivity contribution in [1.82, 2.24) is 4.90 Å². The molecule has 1 N–H and O–H groups in total. The first-order chi connectivity index (χ1) is 7.15. The lowest BCUT2D eigenvalue weighted by Gasteiger charge is -2.42. The van der Waals surface area contributed by atoms with Crippen LogP contribution in [0.15, 0.2) is 23.9 Å². The Morgan fingerprint density at radius 3 is 3.20 bits per heavy atom. The summed E-state index contributed by atoms with van der Waals surface area (Å²) in [5.41, 5.74) is 0.572. The summed E-state index contributed by atoms with van der Waals surface area (Å²) in [6.07, 6.45) is 5.20. The van der Waals surface area contributed by atoms with Crippen LogP contribution in [0.5, 0.6) is 0 Å². The van der Waals surface area contributed by atoms with E-state index in [9.17, 15) is 9.90 Å². The Kier molecular flexibility index (Phi) is 2.63. The van der Waals surface area contributed by atoms with E-state index in [0.717, 1.165) is 19.5 Å². The van der Waals surface area contributed by atoms with Gasteiger partial charge < -0.3 is 14.7 Å². The van der Waals surface area contributed by atoms with Crippen molar-refractivity contribution in [3.05, 3.63) is 23.9 Å². The molecule has 0 bridgehead atoms. The fourth-order valence-corrected chi connectivity index (χ4v) is 1.94. The van der Waals surface area contributed by atoms with Crippen molar-refractivity contribution in [2.75, 3.05) is 19.7 Å². The quantitative estimate of drug-likeness (QED) is 0.717. The molecule has 1 heterocycles. The van der Waals surface area contributed by atoms with Crippen LogP contribution in [0, 0.1) is 0 Å². The van der Waals surface area contributed by atoms with Crippen molar-refractivity contribution >= 4 is 5.78 Å². The number of fused-ring (bicyclic) bond motifs is 1. The second-order valence-electron chi connectivity index (χ2n) is 3.80. The molecule has 0 saturated carbocycles. The minimum absolute atomic E-state index is 0.0960. The highest BCUT2D eigenvalue weighted by molar-refractivity contribution is 6.01. The van der Waals surface area contributed by atoms with Crippen molar-refractivity contribution < 1.29 is 14.6 Å². The fourth-order valence-electron chi connectivity index (χ4n) is 1.94. The molecule has 1 fully saturated rings. The number of ether oxygens (including phenoxy) is 1. The minimum Gasteiger partial charge on any atom is -0.368 e. The Hall–Kier alpha value is -1.13. The van der Waals surface area contributed by atoms with Crippen LogP contribution in [0.25, 0.3) is 0 Å². The fraction of sp³-hybridized carbons (Fsp3) is 0.545. The largest absolute Gasteiger partial charge is 0.368 e. The van der Waals surface area contributed by atoms with E-state index < -0.39 is 5.79 Å². The second kappa shape index (κ2) is 3.79. The van der Waals surface area contributed by atoms with Crippen LogP contribution >= 0.6 is 0 Å². The molecule has 2 rings (SSSR count). The lowest BCUT2D eigenvalue weighted by molar-refractivity contribution is -0.177. The van der Waals surface area contributed by atoms with E-state index in [1.165, 1.54) is 18.2 Å². The van der Waals surface area contributed by atoms with Crippen molar-refractivity contribution in [3.63, 3.8) is 0 Å². The number of rotatable bonds is 2. The molecule has 15 heavy (non-hydrogen) atoms. The van der Waals surface area contributed by atoms with Gasteiger partial charge >= 0.3 is 0 Å². The van der Waals surface area contributed by atoms with E-state index >= 15 is 0 Å². The van der Waals surface area contributed by atoms with Gasteiger partial charge in [-0.1, -0.05) is 6.92 Å². The van der Waals surface area contributed by atoms with E-state index in [0.29, 0.717) is 12.3 Å². The zero-order chi connectivity index (χ0) is 10.9. The van der Waals surface area contributed by atoms with Gasteiger partial charge in [-0.2, -0.15) is 0 Å². The summed E-state index contributed by atoms with van der Waals surface area (Å²) < 4.78 is 5.30. The highest BCUT2D eigenvalue weighted by Crippen LogP contribution is 2.30. The number of nitrogens with zero attached hydrogens (tertiary/aromatic N) is 1. The van der Waals surface area contributed by atoms with E-state index in [1.807, 2.05) is 4.90 Å². The molecule has 4 heteroatoms. The highest BCUT2D eigenvalue weighted by Gasteiger charge is 2.39. The van der Waals surface area contributed by atoms with Gasteiger partial charge in [-0.3, -0.25) is 4.79 Å². The van der Waals surface area contributed by atoms with Crippen molar-refractivity contribution in [3.8, 4) is 0 Å². The summed E-state index contributed by atoms with van der Waals surface area (Å²) >= 11 is 0. The number of morpholine rings is 1. The van der Waals surface area contributed by atoms with Crippen LogP contribution in [-0.4, -0.2) is 41.3 Å². The Morgan fingerprint density at radius 1 is 1.67 bits per heavy atom. The van der Waals surface area contributed by atoms with Gasteiger partial charge in [-0.25, -0.2) is 0 Å². The summed E-state index contributed by atoms with van der Waals surface area (Å²) in [7, 11) is 0. The van der Waals surface area contributed by atoms with Gasteiger partial charge in [-0.15, -0.1) is 0 Å². The molecule has 0 aromatic carbocycles. The SMILES string of the molecule is CCCN1CCOC2(O)C=CC(=O)C=C12. The summed E-state index contributed by atoms with van der Waals surface area (Å²) in [6, 6.07) is 0. The van der Waals surface area contributed by atoms with Gasteiger partial charge in [-0.05, 0) is 18.6 Å². The third-order valence-corrected chi connectivity index (χ3v) is 2.64. The molecule has 0 aromatic heterocycles. The standard InChI is InChI=1S/C11H15NO3/c1-2-5-12-6-7-15-11(14)4-3-9(13)8-10(11)12/h3-4,8,14H,2,5-7H2,1H3. The summed E-state index contributed by atoms with van der Waals surface area (Å²) in [5.74, 6) is -1.48. The number of aliphatic hydroxyl groups is 1. The Morgan fingerprint density at radius 2 is 2.47 bits per heavy atom. The van der Waals surface area contributed by atoms with Crippen LogP contribution < -0.4 is 0 Å². The zero-order valence-electron chi connectivity index (χ0n) is 8.77. The Bertz CT molecular complexity index is 333. The third kappa shape index (κ3) is 1.82. The Balaban J connectivity index is 2.28. The van der Waals surface area contributed by atoms with Gasteiger partial charge in [0.15, 0.2) is 5.78 Å². The number of carbonyl (C=O) groups excluding carboxylic acids is 1. The molecule has 1 aliphatic carbocycles. The number of carbonyl (C=O) groups is 1. The summed E-state index contributed by atoms with van der Waals surface area (Å²) in [6.45, 7) is 4.10. The van der Waals surface area contributed by atoms with Crippen LogP contribution in [-0.2, 0) is 9.53 Å². The molecule has 1 unspecified atom stereocenters. The maximum atomic E-state index is 11.3. The van der Waals surface area contributed by atoms with Crippen LogP contribution in [0.1, 0.15) is 13.3 Å². The minimum atomic E-state index is -1.39. The van der Waals surface area contributed by atoms with Crippen molar-refractivity contribution in [2.45, 2.75) is 19.1 Å². The second-order valence-corrected chi connectivity index (χ2v) is 3.80. The molecular formula is C11H15NO3. The molecular weight excluding hydrogens is 194 g/mol. The highest BCUT2D eigenvalue weighted by atomic mass is 16.6. The van der Waals surface area contributed by atoms with Crippen molar-refractivity contribution in [1.29, 1.82) is 0 Å². The molecule has 0 amide bonds. The van der Waals surface area contributed by atoms with Gasteiger partial charge in [0.1, 0.15) is 0 Å². The molecule has 4 nitrogen and oxygen atoms in total. The van der Waals surface area contributed by atoms with E-state index in [2.05, 4.69) is 6.92 Å². The maximum Gasteiger partial charge on any atom is 0.228 e. The zero-order valence-corrected chi connectivity index (χ0v) is 8.77. The maximum absolute atomic E-state index is 11.3. The summed E-state index contributed by atoms with van der Waals surface area (Å²) in [4.78, 5) is 13.3. The predicted octanol–water partition coefficient (Wildman–Crippen LogP) is 0.440. The first-order valence-electron chi connectivity index (χ1n) is 5.22. The van der Waals surface area contributed by atoms with E-state index in [-0.39, 0.29) is 5.78 Å². The molecule has 0 aromatic rings. The average molecular weight is 209 g/mol. The molecule has 0 radical (unpaired) electrons. The van der Waals surface area contributed by atoms with E-state index in [4.69, 9.17) is 4.74 Å².